The van der Waals surface area contributed by atoms with Crippen molar-refractivity contribution in [1.29, 1.82) is 0 Å². The van der Waals surface area contributed by atoms with Crippen LogP contribution in [0.4, 0.5) is 0 Å². The van der Waals surface area contributed by atoms with Crippen molar-refractivity contribution in [2.75, 3.05) is 0 Å². The minimum atomic E-state index is -1.02. The van der Waals surface area contributed by atoms with Gasteiger partial charge in [0.05, 0.1) is 17.6 Å². The molecule has 0 radical (unpaired) electrons. The minimum absolute atomic E-state index is 0.147. The molecule has 0 aliphatic heterocycles. The van der Waals surface area contributed by atoms with Crippen molar-refractivity contribution in [3.05, 3.63) is 48.2 Å². The van der Waals surface area contributed by atoms with E-state index in [2.05, 4.69) is 15.2 Å². The van der Waals surface area contributed by atoms with Crippen molar-refractivity contribution in [1.82, 2.24) is 15.2 Å². The Kier molecular flexibility index (Phi) is 3.69. The summed E-state index contributed by atoms with van der Waals surface area (Å²) in [6, 6.07) is 6.52. The van der Waals surface area contributed by atoms with Crippen LogP contribution in [0.25, 0.3) is 11.7 Å². The minimum Gasteiger partial charge on any atom is -0.478 e. The lowest BCUT2D eigenvalue weighted by molar-refractivity contribution is 0.0692. The van der Waals surface area contributed by atoms with Crippen LogP contribution in [0.15, 0.2) is 50.6 Å². The average molecular weight is 303 g/mol. The van der Waals surface area contributed by atoms with Gasteiger partial charge in [0.15, 0.2) is 5.76 Å². The van der Waals surface area contributed by atoms with Gasteiger partial charge in [0.2, 0.25) is 5.89 Å². The van der Waals surface area contributed by atoms with Crippen LogP contribution in [-0.4, -0.2) is 26.3 Å². The highest BCUT2D eigenvalue weighted by molar-refractivity contribution is 7.98. The van der Waals surface area contributed by atoms with Crippen molar-refractivity contribution in [2.45, 2.75) is 10.8 Å². The third-order valence-electron chi connectivity index (χ3n) is 2.53. The molecule has 3 rings (SSSR count). The van der Waals surface area contributed by atoms with E-state index < -0.39 is 5.97 Å². The Bertz CT molecular complexity index is 754. The molecular formula is C13H9N3O4S. The lowest BCUT2D eigenvalue weighted by Crippen LogP contribution is -2.00. The Hall–Kier alpha value is -2.61. The molecule has 0 aromatic carbocycles. The van der Waals surface area contributed by atoms with Gasteiger partial charge in [0, 0.05) is 6.20 Å². The average Bonchev–Trinajstić information content (AvgIpc) is 3.16. The molecule has 3 heterocycles. The highest BCUT2D eigenvalue weighted by Gasteiger charge is 2.14. The van der Waals surface area contributed by atoms with E-state index in [-0.39, 0.29) is 11.5 Å². The molecular weight excluding hydrogens is 294 g/mol. The van der Waals surface area contributed by atoms with Crippen LogP contribution >= 0.6 is 11.8 Å². The van der Waals surface area contributed by atoms with Crippen molar-refractivity contribution in [2.24, 2.45) is 0 Å². The second-order valence-corrected chi connectivity index (χ2v) is 4.89. The molecule has 0 unspecified atom stereocenters. The van der Waals surface area contributed by atoms with Crippen molar-refractivity contribution < 1.29 is 18.7 Å². The van der Waals surface area contributed by atoms with E-state index in [0.717, 1.165) is 0 Å². The second kappa shape index (κ2) is 5.80. The van der Waals surface area contributed by atoms with Gasteiger partial charge in [0.1, 0.15) is 5.03 Å². The van der Waals surface area contributed by atoms with Crippen LogP contribution in [0, 0.1) is 0 Å². The first-order valence-electron chi connectivity index (χ1n) is 5.91. The Balaban J connectivity index is 1.73. The molecule has 0 saturated carbocycles. The molecule has 0 saturated heterocycles. The number of thioether (sulfide) groups is 1. The Morgan fingerprint density at radius 2 is 2.19 bits per heavy atom. The molecule has 21 heavy (non-hydrogen) atoms. The Morgan fingerprint density at radius 1 is 1.29 bits per heavy atom. The summed E-state index contributed by atoms with van der Waals surface area (Å²) < 4.78 is 10.6. The molecule has 106 valence electrons. The molecule has 0 aliphatic rings. The van der Waals surface area contributed by atoms with E-state index in [0.29, 0.717) is 22.4 Å². The van der Waals surface area contributed by atoms with Crippen molar-refractivity contribution in [3.63, 3.8) is 0 Å². The molecule has 0 bridgehead atoms. The number of pyridine rings is 1. The molecule has 3 aromatic rings. The molecule has 3 aromatic heterocycles. The maximum Gasteiger partial charge on any atom is 0.338 e. The monoisotopic (exact) mass is 303 g/mol. The summed E-state index contributed by atoms with van der Waals surface area (Å²) in [6.45, 7) is 0. The molecule has 8 heteroatoms. The Labute approximate surface area is 123 Å². The molecule has 1 N–H and O–H groups in total. The van der Waals surface area contributed by atoms with Crippen LogP contribution in [0.1, 0.15) is 16.2 Å². The van der Waals surface area contributed by atoms with Gasteiger partial charge < -0.3 is 13.9 Å². The van der Waals surface area contributed by atoms with Gasteiger partial charge in [-0.05, 0) is 24.3 Å². The zero-order valence-electron chi connectivity index (χ0n) is 10.6. The normalized spacial score (nSPS) is 10.7. The zero-order valence-corrected chi connectivity index (χ0v) is 11.4. The van der Waals surface area contributed by atoms with Crippen LogP contribution in [0.3, 0.4) is 0 Å². The first-order valence-corrected chi connectivity index (χ1v) is 6.90. The van der Waals surface area contributed by atoms with E-state index in [1.165, 1.54) is 30.3 Å². The van der Waals surface area contributed by atoms with E-state index in [9.17, 15) is 4.79 Å². The number of aromatic carboxylic acids is 1. The summed E-state index contributed by atoms with van der Waals surface area (Å²) in [5, 5.41) is 17.2. The van der Waals surface area contributed by atoms with E-state index in [4.69, 9.17) is 13.9 Å². The fourth-order valence-electron chi connectivity index (χ4n) is 1.61. The highest BCUT2D eigenvalue weighted by atomic mass is 32.2. The quantitative estimate of drug-likeness (QED) is 0.718. The third kappa shape index (κ3) is 2.95. The van der Waals surface area contributed by atoms with Gasteiger partial charge in [-0.25, -0.2) is 9.78 Å². The summed E-state index contributed by atoms with van der Waals surface area (Å²) in [6.07, 6.45) is 3.05. The van der Waals surface area contributed by atoms with Crippen LogP contribution in [-0.2, 0) is 5.75 Å². The van der Waals surface area contributed by atoms with Gasteiger partial charge in [-0.3, -0.25) is 0 Å². The largest absolute Gasteiger partial charge is 0.478 e. The van der Waals surface area contributed by atoms with Gasteiger partial charge in [-0.15, -0.1) is 10.2 Å². The molecule has 0 spiro atoms. The van der Waals surface area contributed by atoms with E-state index in [1.807, 2.05) is 0 Å². The number of carboxylic acid groups (broad SMARTS) is 1. The number of carboxylic acids is 1. The van der Waals surface area contributed by atoms with Crippen LogP contribution in [0.2, 0.25) is 0 Å². The van der Waals surface area contributed by atoms with Crippen LogP contribution in [0.5, 0.6) is 0 Å². The van der Waals surface area contributed by atoms with Gasteiger partial charge in [-0.2, -0.15) is 0 Å². The number of hydrogen-bond donors (Lipinski definition) is 1. The number of hydrogen-bond acceptors (Lipinski definition) is 7. The predicted molar refractivity (Wildman–Crippen MR) is 72.8 cm³/mol. The number of carbonyl (C=O) groups is 1. The summed E-state index contributed by atoms with van der Waals surface area (Å²) >= 11 is 1.22. The SMILES string of the molecule is O=C(O)c1cccnc1SCc1nnc(-c2ccco2)o1. The summed E-state index contributed by atoms with van der Waals surface area (Å²) in [5.74, 6) is 0.448. The smallest absolute Gasteiger partial charge is 0.338 e. The van der Waals surface area contributed by atoms with Gasteiger partial charge in [0.25, 0.3) is 5.89 Å². The van der Waals surface area contributed by atoms with Gasteiger partial charge in [-0.1, -0.05) is 11.8 Å². The summed E-state index contributed by atoms with van der Waals surface area (Å²) in [4.78, 5) is 15.1. The summed E-state index contributed by atoms with van der Waals surface area (Å²) in [5.41, 5.74) is 0.147. The molecule has 0 fully saturated rings. The number of aromatic nitrogens is 3. The molecule has 0 atom stereocenters. The fourth-order valence-corrected chi connectivity index (χ4v) is 2.43. The third-order valence-corrected chi connectivity index (χ3v) is 3.52. The Morgan fingerprint density at radius 3 is 2.95 bits per heavy atom. The maximum absolute atomic E-state index is 11.1. The first-order chi connectivity index (χ1) is 10.2. The number of furan rings is 1. The maximum atomic E-state index is 11.1. The van der Waals surface area contributed by atoms with Crippen molar-refractivity contribution in [3.8, 4) is 11.7 Å². The van der Waals surface area contributed by atoms with E-state index >= 15 is 0 Å². The standard InChI is InChI=1S/C13H9N3O4S/c17-13(18)8-3-1-5-14-12(8)21-7-10-15-16-11(20-10)9-4-2-6-19-9/h1-6H,7H2,(H,17,18). The van der Waals surface area contributed by atoms with Crippen molar-refractivity contribution >= 4 is 17.7 Å². The number of rotatable bonds is 5. The zero-order chi connectivity index (χ0) is 14.7. The lowest BCUT2D eigenvalue weighted by Gasteiger charge is -2.01. The molecule has 0 aliphatic carbocycles. The highest BCUT2D eigenvalue weighted by Crippen LogP contribution is 2.25. The lowest BCUT2D eigenvalue weighted by atomic mass is 10.3. The van der Waals surface area contributed by atoms with E-state index in [1.54, 1.807) is 18.2 Å². The second-order valence-electron chi connectivity index (χ2n) is 3.93. The topological polar surface area (TPSA) is 102 Å². The predicted octanol–water partition coefficient (Wildman–Crippen LogP) is 2.72. The number of nitrogens with zero attached hydrogens (tertiary/aromatic N) is 3. The molecule has 0 amide bonds. The summed E-state index contributed by atoms with van der Waals surface area (Å²) in [7, 11) is 0. The molecule has 7 nitrogen and oxygen atoms in total. The van der Waals surface area contributed by atoms with Gasteiger partial charge >= 0.3 is 5.97 Å². The fraction of sp³-hybridized carbons (Fsp3) is 0.0769. The first kappa shape index (κ1) is 13.4. The van der Waals surface area contributed by atoms with Crippen LogP contribution < -0.4 is 0 Å².